The minimum Gasteiger partial charge on any atom is -0.679 e. The van der Waals surface area contributed by atoms with E-state index in [1.54, 1.807) is 0 Å². The molecular weight excluding hydrogens is 371 g/mol. The van der Waals surface area contributed by atoms with Gasteiger partial charge in [0.15, 0.2) is 0 Å². The van der Waals surface area contributed by atoms with Crippen molar-refractivity contribution in [2.75, 3.05) is 13.1 Å². The molecule has 10 nitrogen and oxygen atoms in total. The zero-order valence-electron chi connectivity index (χ0n) is 6.15. The van der Waals surface area contributed by atoms with Crippen LogP contribution >= 0.6 is 0 Å². The normalized spacial score (nSPS) is 6.00. The maximum Gasteiger partial charge on any atom is 2.00 e. The van der Waals surface area contributed by atoms with Gasteiger partial charge in [-0.25, -0.2) is 0 Å². The number of rotatable bonds is 1. The molecule has 0 radical (unpaired) electrons. The molecule has 0 saturated carbocycles. The summed E-state index contributed by atoms with van der Waals surface area (Å²) in [5.74, 6) is 0. The van der Waals surface area contributed by atoms with Crippen LogP contribution < -0.4 is 0 Å². The van der Waals surface area contributed by atoms with Crippen molar-refractivity contribution in [1.29, 1.82) is 0 Å². The third-order valence-electron chi connectivity index (χ3n) is 0.125. The number of hydrogen-bond acceptors (Lipinski definition) is 4. The molecule has 0 aromatic heterocycles. The summed E-state index contributed by atoms with van der Waals surface area (Å²) in [7, 11) is 0. The van der Waals surface area contributed by atoms with Crippen LogP contribution in [0, 0.1) is 20.2 Å². The predicted octanol–water partition coefficient (Wildman–Crippen LogP) is 0.393. The van der Waals surface area contributed by atoms with Gasteiger partial charge in [-0.1, -0.05) is 0 Å². The van der Waals surface area contributed by atoms with E-state index < -0.39 is 10.2 Å². The van der Waals surface area contributed by atoms with Crippen LogP contribution in [0.4, 0.5) is 0 Å². The number of nitrogens with zero attached hydrogens (tertiary/aromatic N) is 2. The van der Waals surface area contributed by atoms with E-state index in [9.17, 15) is 0 Å². The molecule has 0 aromatic carbocycles. The molecule has 0 spiro atoms. The van der Waals surface area contributed by atoms with E-state index in [-0.39, 0.29) is 34.2 Å². The average molecular weight is 379 g/mol. The summed E-state index contributed by atoms with van der Waals surface area (Å²) in [5.41, 5.74) is 12.5. The Balaban J connectivity index is -0.0000000450. The van der Waals surface area contributed by atoms with Crippen LogP contribution in [0.25, 0.3) is 11.5 Å². The van der Waals surface area contributed by atoms with Crippen LogP contribution in [0.3, 0.4) is 0 Å². The van der Waals surface area contributed by atoms with Crippen molar-refractivity contribution < 1.29 is 41.7 Å². The SMILES string of the molecule is O=[N+]([O-])O.O=[N+]([O-])O.[NH-]CC[NH-].[Pt+2]. The molecule has 0 aromatic rings. The van der Waals surface area contributed by atoms with Crippen LogP contribution in [-0.2, 0) is 21.1 Å². The summed E-state index contributed by atoms with van der Waals surface area (Å²) in [5, 5.41) is 27.3. The Morgan fingerprint density at radius 2 is 1.08 bits per heavy atom. The molecule has 4 N–H and O–H groups in total. The smallest absolute Gasteiger partial charge is 0.679 e. The molecule has 0 amide bonds. The van der Waals surface area contributed by atoms with Crippen molar-refractivity contribution in [3.8, 4) is 0 Å². The predicted molar refractivity (Wildman–Crippen MR) is 35.9 cm³/mol. The van der Waals surface area contributed by atoms with Crippen molar-refractivity contribution in [3.63, 3.8) is 0 Å². The maximum absolute atomic E-state index is 8.36. The molecular formula is C2H8N4O6Pt. The first-order chi connectivity index (χ1) is 5.38. The standard InChI is InChI=1S/C2H6N2.2HNO3.Pt/c3-1-2-4;2*2-1(3)4;/h3-4H,1-2H2;2*(H,2,3,4);/q-2;;;+2. The van der Waals surface area contributed by atoms with E-state index in [0.29, 0.717) is 0 Å². The average Bonchev–Trinajstić information content (AvgIpc) is 1.85. The van der Waals surface area contributed by atoms with E-state index in [1.807, 2.05) is 0 Å². The monoisotopic (exact) mass is 379 g/mol. The molecule has 0 unspecified atom stereocenters. The van der Waals surface area contributed by atoms with Crippen molar-refractivity contribution in [1.82, 2.24) is 0 Å². The first-order valence-corrected chi connectivity index (χ1v) is 2.34. The second-order valence-electron chi connectivity index (χ2n) is 0.976. The molecule has 0 rings (SSSR count). The van der Waals surface area contributed by atoms with Gasteiger partial charge in [0.2, 0.25) is 0 Å². The van der Waals surface area contributed by atoms with Gasteiger partial charge in [-0.3, -0.25) is 0 Å². The topological polar surface area (TPSA) is 174 Å². The van der Waals surface area contributed by atoms with Gasteiger partial charge >= 0.3 is 21.1 Å². The van der Waals surface area contributed by atoms with E-state index in [2.05, 4.69) is 0 Å². The van der Waals surface area contributed by atoms with Crippen LogP contribution in [0.1, 0.15) is 0 Å². The molecule has 13 heavy (non-hydrogen) atoms. The molecule has 0 aliphatic heterocycles. The van der Waals surface area contributed by atoms with Crippen LogP contribution in [-0.4, -0.2) is 33.7 Å². The Morgan fingerprint density at radius 1 is 1.00 bits per heavy atom. The Labute approximate surface area is 87.0 Å². The Hall–Kier alpha value is -0.992. The minimum atomic E-state index is -1.50. The van der Waals surface area contributed by atoms with Crippen molar-refractivity contribution in [2.24, 2.45) is 0 Å². The van der Waals surface area contributed by atoms with Crippen LogP contribution in [0.2, 0.25) is 0 Å². The summed E-state index contributed by atoms with van der Waals surface area (Å²) in [4.78, 5) is 16.7. The summed E-state index contributed by atoms with van der Waals surface area (Å²) in [6.07, 6.45) is 0. The Bertz CT molecular complexity index is 99.2. The van der Waals surface area contributed by atoms with E-state index >= 15 is 0 Å². The van der Waals surface area contributed by atoms with Crippen LogP contribution in [0.5, 0.6) is 0 Å². The third kappa shape index (κ3) is 12900000. The molecule has 0 saturated heterocycles. The largest absolute Gasteiger partial charge is 2.00 e. The van der Waals surface area contributed by atoms with Gasteiger partial charge in [-0.15, -0.1) is 20.2 Å². The molecule has 0 heterocycles. The fourth-order valence-electron chi connectivity index (χ4n) is 0. The second-order valence-corrected chi connectivity index (χ2v) is 0.976. The third-order valence-corrected chi connectivity index (χ3v) is 0.125. The van der Waals surface area contributed by atoms with Crippen molar-refractivity contribution in [3.05, 3.63) is 31.7 Å². The fraction of sp³-hybridized carbons (Fsp3) is 1.00. The summed E-state index contributed by atoms with van der Waals surface area (Å²) < 4.78 is 0. The molecule has 0 fully saturated rings. The van der Waals surface area contributed by atoms with E-state index in [1.165, 1.54) is 0 Å². The molecule has 0 bridgehead atoms. The number of nitrogens with one attached hydrogen (secondary N) is 2. The maximum atomic E-state index is 8.36. The van der Waals surface area contributed by atoms with Crippen molar-refractivity contribution >= 4 is 0 Å². The van der Waals surface area contributed by atoms with E-state index in [4.69, 9.17) is 42.1 Å². The molecule has 0 aliphatic rings. The molecule has 0 aliphatic carbocycles. The number of hydrogen-bond donors (Lipinski definition) is 2. The van der Waals surface area contributed by atoms with Crippen LogP contribution in [0.15, 0.2) is 0 Å². The minimum absolute atomic E-state index is 0. The summed E-state index contributed by atoms with van der Waals surface area (Å²) in [6.45, 7) is 0.472. The first-order valence-electron chi connectivity index (χ1n) is 2.34. The van der Waals surface area contributed by atoms with Crippen molar-refractivity contribution in [2.45, 2.75) is 0 Å². The van der Waals surface area contributed by atoms with Gasteiger partial charge in [0.05, 0.1) is 0 Å². The van der Waals surface area contributed by atoms with Gasteiger partial charge < -0.3 is 21.9 Å². The van der Waals surface area contributed by atoms with Gasteiger partial charge in [0.25, 0.3) is 10.2 Å². The quantitative estimate of drug-likeness (QED) is 0.492. The molecule has 11 heteroatoms. The molecule has 82 valence electrons. The van der Waals surface area contributed by atoms with E-state index in [0.717, 1.165) is 0 Å². The molecule has 0 atom stereocenters. The second kappa shape index (κ2) is 22.4. The summed E-state index contributed by atoms with van der Waals surface area (Å²) in [6, 6.07) is 0. The summed E-state index contributed by atoms with van der Waals surface area (Å²) >= 11 is 0. The zero-order chi connectivity index (χ0) is 10.6. The van der Waals surface area contributed by atoms with Gasteiger partial charge in [-0.05, 0) is 0 Å². The zero-order valence-corrected chi connectivity index (χ0v) is 8.42. The Kier molecular flexibility index (Phi) is 39.2. The first kappa shape index (κ1) is 22.7. The Morgan fingerprint density at radius 3 is 1.08 bits per heavy atom. The van der Waals surface area contributed by atoms with Gasteiger partial charge in [0, 0.05) is 0 Å². The van der Waals surface area contributed by atoms with Gasteiger partial charge in [0.1, 0.15) is 0 Å². The van der Waals surface area contributed by atoms with Gasteiger partial charge in [-0.2, -0.15) is 13.1 Å². The fourth-order valence-corrected chi connectivity index (χ4v) is 0.